The molecule has 0 aromatic carbocycles. The molecule has 1 aliphatic rings. The molecule has 0 amide bonds. The molecule has 2 rings (SSSR count). The third kappa shape index (κ3) is 2.41. The molecule has 0 bridgehead atoms. The molecule has 0 fully saturated rings. The van der Waals surface area contributed by atoms with E-state index in [-0.39, 0.29) is 11.5 Å². The Kier molecular flexibility index (Phi) is 3.07. The van der Waals surface area contributed by atoms with Crippen LogP contribution in [0.1, 0.15) is 35.6 Å². The average Bonchev–Trinajstić information content (AvgIpc) is 2.54. The Morgan fingerprint density at radius 3 is 2.76 bits per heavy atom. The van der Waals surface area contributed by atoms with Crippen molar-refractivity contribution >= 4 is 16.1 Å². The van der Waals surface area contributed by atoms with Gasteiger partial charge in [-0.2, -0.15) is 5.10 Å². The smallest absolute Gasteiger partial charge is 0.170 e. The molecule has 2 heterocycles. The summed E-state index contributed by atoms with van der Waals surface area (Å²) in [7, 11) is -3.03. The zero-order chi connectivity index (χ0) is 12.6. The number of carbonyl (C=O) groups excluding carboxylic acids is 1. The van der Waals surface area contributed by atoms with Crippen LogP contribution in [0.2, 0.25) is 0 Å². The summed E-state index contributed by atoms with van der Waals surface area (Å²) >= 11 is 0. The molecule has 0 spiro atoms. The highest BCUT2D eigenvalue weighted by Crippen LogP contribution is 2.23. The van der Waals surface area contributed by atoms with Gasteiger partial charge in [0.15, 0.2) is 16.1 Å². The van der Waals surface area contributed by atoms with Crippen LogP contribution in [0.25, 0.3) is 0 Å². The minimum atomic E-state index is -3.03. The largest absolute Gasteiger partial charge is 0.296 e. The van der Waals surface area contributed by atoms with E-state index in [1.165, 1.54) is 0 Å². The second kappa shape index (κ2) is 4.25. The Bertz CT molecular complexity index is 543. The van der Waals surface area contributed by atoms with Crippen LogP contribution in [0.4, 0.5) is 0 Å². The van der Waals surface area contributed by atoms with E-state index in [1.807, 2.05) is 13.8 Å². The van der Waals surface area contributed by atoms with Crippen LogP contribution in [0.3, 0.4) is 0 Å². The summed E-state index contributed by atoms with van der Waals surface area (Å²) in [5.74, 6) is 0.493. The van der Waals surface area contributed by atoms with Gasteiger partial charge in [0.25, 0.3) is 0 Å². The number of hydrogen-bond donors (Lipinski definition) is 0. The first kappa shape index (κ1) is 12.3. The number of rotatable bonds is 3. The Hall–Kier alpha value is -1.17. The zero-order valence-corrected chi connectivity index (χ0v) is 10.8. The highest BCUT2D eigenvalue weighted by molar-refractivity contribution is 7.90. The Morgan fingerprint density at radius 2 is 2.18 bits per heavy atom. The lowest BCUT2D eigenvalue weighted by Crippen LogP contribution is -2.22. The van der Waals surface area contributed by atoms with Gasteiger partial charge in [-0.3, -0.25) is 9.48 Å². The van der Waals surface area contributed by atoms with Crippen molar-refractivity contribution in [2.75, 3.05) is 5.75 Å². The third-order valence-electron chi connectivity index (χ3n) is 2.87. The van der Waals surface area contributed by atoms with Gasteiger partial charge in [-0.15, -0.1) is 0 Å². The van der Waals surface area contributed by atoms with E-state index in [1.54, 1.807) is 4.68 Å². The topological polar surface area (TPSA) is 69.0 Å². The monoisotopic (exact) mass is 256 g/mol. The molecule has 17 heavy (non-hydrogen) atoms. The number of nitrogens with zero attached hydrogens (tertiary/aromatic N) is 2. The molecular formula is C11H16N2O3S. The highest BCUT2D eigenvalue weighted by atomic mass is 32.2. The van der Waals surface area contributed by atoms with Crippen molar-refractivity contribution in [2.45, 2.75) is 32.6 Å². The van der Waals surface area contributed by atoms with Crippen molar-refractivity contribution in [3.8, 4) is 0 Å². The zero-order valence-electron chi connectivity index (χ0n) is 10.0. The number of aldehydes is 1. The molecule has 0 unspecified atom stereocenters. The minimum absolute atomic E-state index is 0.00981. The Morgan fingerprint density at radius 1 is 1.47 bits per heavy atom. The fraction of sp³-hybridized carbons (Fsp3) is 0.636. The van der Waals surface area contributed by atoms with Gasteiger partial charge in [-0.25, -0.2) is 8.42 Å². The maximum atomic E-state index is 11.6. The Labute approximate surface area is 101 Å². The second-order valence-electron chi connectivity index (χ2n) is 4.85. The van der Waals surface area contributed by atoms with Crippen molar-refractivity contribution in [2.24, 2.45) is 5.92 Å². The fourth-order valence-corrected chi connectivity index (χ4v) is 3.52. The van der Waals surface area contributed by atoms with Crippen molar-refractivity contribution in [1.29, 1.82) is 0 Å². The molecule has 6 heteroatoms. The van der Waals surface area contributed by atoms with Crippen LogP contribution < -0.4 is 0 Å². The van der Waals surface area contributed by atoms with E-state index < -0.39 is 9.84 Å². The number of carbonyl (C=O) groups is 1. The first-order chi connectivity index (χ1) is 7.93. The predicted octanol–water partition coefficient (Wildman–Crippen LogP) is 0.823. The van der Waals surface area contributed by atoms with Crippen LogP contribution in [-0.4, -0.2) is 30.2 Å². The van der Waals surface area contributed by atoms with Gasteiger partial charge in [0.05, 0.1) is 17.2 Å². The number of fused-ring (bicyclic) bond motifs is 1. The SMILES string of the molecule is CC(C)Cn1nc(C=O)c2c1CS(=O)(=O)CC2. The van der Waals surface area contributed by atoms with E-state index in [0.29, 0.717) is 36.6 Å². The lowest BCUT2D eigenvalue weighted by atomic mass is 10.1. The summed E-state index contributed by atoms with van der Waals surface area (Å²) in [6.45, 7) is 4.71. The molecule has 1 aliphatic heterocycles. The number of hydrogen-bond acceptors (Lipinski definition) is 4. The summed E-state index contributed by atoms with van der Waals surface area (Å²) in [4.78, 5) is 10.9. The first-order valence-electron chi connectivity index (χ1n) is 5.67. The van der Waals surface area contributed by atoms with Crippen molar-refractivity contribution in [3.05, 3.63) is 17.0 Å². The predicted molar refractivity (Wildman–Crippen MR) is 63.6 cm³/mol. The summed E-state index contributed by atoms with van der Waals surface area (Å²) in [5, 5.41) is 4.20. The molecule has 0 atom stereocenters. The molecule has 0 saturated carbocycles. The van der Waals surface area contributed by atoms with Gasteiger partial charge in [-0.1, -0.05) is 13.8 Å². The van der Waals surface area contributed by atoms with Crippen LogP contribution in [0.5, 0.6) is 0 Å². The van der Waals surface area contributed by atoms with Gasteiger partial charge in [0, 0.05) is 12.1 Å². The van der Waals surface area contributed by atoms with E-state index in [2.05, 4.69) is 5.10 Å². The van der Waals surface area contributed by atoms with Crippen molar-refractivity contribution in [1.82, 2.24) is 9.78 Å². The standard InChI is InChI=1S/C11H16N2O3S/c1-8(2)5-13-11-7-17(15,16)4-3-9(11)10(6-14)12-13/h6,8H,3-5,7H2,1-2H3. The van der Waals surface area contributed by atoms with E-state index >= 15 is 0 Å². The van der Waals surface area contributed by atoms with Crippen LogP contribution in [0, 0.1) is 5.92 Å². The van der Waals surface area contributed by atoms with Gasteiger partial charge in [0.1, 0.15) is 5.69 Å². The quantitative estimate of drug-likeness (QED) is 0.751. The van der Waals surface area contributed by atoms with E-state index in [0.717, 1.165) is 5.56 Å². The molecule has 0 radical (unpaired) electrons. The van der Waals surface area contributed by atoms with Gasteiger partial charge in [-0.05, 0) is 12.3 Å². The molecular weight excluding hydrogens is 240 g/mol. The minimum Gasteiger partial charge on any atom is -0.296 e. The van der Waals surface area contributed by atoms with Gasteiger partial charge in [0.2, 0.25) is 0 Å². The molecule has 94 valence electrons. The first-order valence-corrected chi connectivity index (χ1v) is 7.49. The van der Waals surface area contributed by atoms with Crippen LogP contribution in [-0.2, 0) is 28.6 Å². The van der Waals surface area contributed by atoms with E-state index in [4.69, 9.17) is 0 Å². The molecule has 0 aliphatic carbocycles. The highest BCUT2D eigenvalue weighted by Gasteiger charge is 2.28. The number of sulfone groups is 1. The van der Waals surface area contributed by atoms with Crippen molar-refractivity contribution in [3.63, 3.8) is 0 Å². The second-order valence-corrected chi connectivity index (χ2v) is 7.03. The maximum absolute atomic E-state index is 11.6. The third-order valence-corrected chi connectivity index (χ3v) is 4.41. The van der Waals surface area contributed by atoms with E-state index in [9.17, 15) is 13.2 Å². The number of aromatic nitrogens is 2. The van der Waals surface area contributed by atoms with Crippen LogP contribution in [0.15, 0.2) is 0 Å². The fourth-order valence-electron chi connectivity index (χ4n) is 2.12. The molecule has 0 N–H and O–H groups in total. The van der Waals surface area contributed by atoms with Crippen molar-refractivity contribution < 1.29 is 13.2 Å². The normalized spacial score (nSPS) is 18.1. The lowest BCUT2D eigenvalue weighted by Gasteiger charge is -2.15. The average molecular weight is 256 g/mol. The van der Waals surface area contributed by atoms with Crippen LogP contribution >= 0.6 is 0 Å². The summed E-state index contributed by atoms with van der Waals surface area (Å²) < 4.78 is 24.9. The van der Waals surface area contributed by atoms with Gasteiger partial charge < -0.3 is 0 Å². The summed E-state index contributed by atoms with van der Waals surface area (Å²) in [5.41, 5.74) is 1.91. The lowest BCUT2D eigenvalue weighted by molar-refractivity contribution is 0.111. The Balaban J connectivity index is 2.48. The molecule has 1 aromatic heterocycles. The molecule has 0 saturated heterocycles. The maximum Gasteiger partial charge on any atom is 0.170 e. The summed E-state index contributed by atoms with van der Waals surface area (Å²) in [6, 6.07) is 0. The summed E-state index contributed by atoms with van der Waals surface area (Å²) in [6.07, 6.45) is 1.12. The van der Waals surface area contributed by atoms with Gasteiger partial charge >= 0.3 is 0 Å². The molecule has 5 nitrogen and oxygen atoms in total. The molecule has 1 aromatic rings.